The number of carboxylic acid groups (broad SMARTS) is 1. The molecule has 0 fully saturated rings. The van der Waals surface area contributed by atoms with Crippen molar-refractivity contribution in [1.82, 2.24) is 5.32 Å². The molecule has 0 spiro atoms. The molecule has 0 amide bonds. The van der Waals surface area contributed by atoms with Gasteiger partial charge in [-0.05, 0) is 41.6 Å². The van der Waals surface area contributed by atoms with Crippen LogP contribution in [0.5, 0.6) is 0 Å². The summed E-state index contributed by atoms with van der Waals surface area (Å²) in [6.07, 6.45) is 9.30. The van der Waals surface area contributed by atoms with E-state index in [2.05, 4.69) is 53.8 Å². The summed E-state index contributed by atoms with van der Waals surface area (Å²) in [7, 11) is 0. The first kappa shape index (κ1) is 24.0. The minimum Gasteiger partial charge on any atom is -0.480 e. The molecule has 3 rings (SSSR count). The lowest BCUT2D eigenvalue weighted by Crippen LogP contribution is -2.23. The number of benzene rings is 2. The largest absolute Gasteiger partial charge is 0.480 e. The Labute approximate surface area is 191 Å². The molecule has 0 heterocycles. The van der Waals surface area contributed by atoms with Gasteiger partial charge in [-0.3, -0.25) is 9.59 Å². The molecule has 32 heavy (non-hydrogen) atoms. The molecule has 2 aromatic carbocycles. The van der Waals surface area contributed by atoms with Crippen LogP contribution in [0.4, 0.5) is 0 Å². The van der Waals surface area contributed by atoms with E-state index in [1.54, 1.807) is 0 Å². The molecule has 1 aliphatic rings. The number of carboxylic acids is 1. The summed E-state index contributed by atoms with van der Waals surface area (Å²) >= 11 is 0. The van der Waals surface area contributed by atoms with Gasteiger partial charge in [0.05, 0.1) is 6.54 Å². The fourth-order valence-corrected chi connectivity index (χ4v) is 4.46. The lowest BCUT2D eigenvalue weighted by Gasteiger charge is -2.14. The first-order valence-electron chi connectivity index (χ1n) is 11.9. The molecule has 2 N–H and O–H groups in total. The van der Waals surface area contributed by atoms with Crippen molar-refractivity contribution in [2.75, 3.05) is 19.7 Å². The molecule has 0 unspecified atom stereocenters. The highest BCUT2D eigenvalue weighted by Gasteiger charge is 2.28. The number of esters is 1. The molecule has 0 bridgehead atoms. The van der Waals surface area contributed by atoms with Gasteiger partial charge in [0.15, 0.2) is 0 Å². The third kappa shape index (κ3) is 7.20. The molecular formula is C27H35NO4. The van der Waals surface area contributed by atoms with Gasteiger partial charge in [0.2, 0.25) is 0 Å². The minimum atomic E-state index is -0.803. The van der Waals surface area contributed by atoms with Crippen molar-refractivity contribution in [2.45, 2.75) is 63.7 Å². The summed E-state index contributed by atoms with van der Waals surface area (Å²) in [4.78, 5) is 22.7. The summed E-state index contributed by atoms with van der Waals surface area (Å²) in [5.41, 5.74) is 5.00. The zero-order valence-electron chi connectivity index (χ0n) is 18.9. The van der Waals surface area contributed by atoms with E-state index in [9.17, 15) is 9.59 Å². The van der Waals surface area contributed by atoms with Crippen LogP contribution < -0.4 is 5.32 Å². The minimum absolute atomic E-state index is 0.0453. The Morgan fingerprint density at radius 2 is 1.31 bits per heavy atom. The van der Waals surface area contributed by atoms with Crippen molar-refractivity contribution in [3.8, 4) is 11.1 Å². The lowest BCUT2D eigenvalue weighted by atomic mass is 9.98. The van der Waals surface area contributed by atoms with Crippen molar-refractivity contribution < 1.29 is 19.4 Å². The van der Waals surface area contributed by atoms with Gasteiger partial charge in [0.25, 0.3) is 0 Å². The molecule has 5 heteroatoms. The van der Waals surface area contributed by atoms with Crippen molar-refractivity contribution in [3.63, 3.8) is 0 Å². The monoisotopic (exact) mass is 437 g/mol. The number of ether oxygens (including phenoxy) is 1. The Bertz CT molecular complexity index is 834. The summed E-state index contributed by atoms with van der Waals surface area (Å²) in [5.74, 6) is -0.769. The van der Waals surface area contributed by atoms with E-state index in [1.165, 1.54) is 41.5 Å². The quantitative estimate of drug-likeness (QED) is 0.283. The van der Waals surface area contributed by atoms with Crippen molar-refractivity contribution >= 4 is 11.9 Å². The summed E-state index contributed by atoms with van der Waals surface area (Å²) in [6, 6.07) is 16.8. The molecule has 0 saturated carbocycles. The maximum Gasteiger partial charge on any atom is 0.317 e. The number of fused-ring (bicyclic) bond motifs is 3. The molecule has 0 aliphatic heterocycles. The van der Waals surface area contributed by atoms with Crippen LogP contribution in [-0.2, 0) is 14.3 Å². The Morgan fingerprint density at radius 1 is 0.781 bits per heavy atom. The van der Waals surface area contributed by atoms with Crippen molar-refractivity contribution in [3.05, 3.63) is 59.7 Å². The standard InChI is InChI=1S/C27H35NO4/c29-26(30)19-28-18-12-6-4-2-1-3-5-7-17-27(31)32-20-25-23-15-10-8-13-21(23)22-14-9-11-16-24(22)25/h8-11,13-16,25,28H,1-7,12,17-20H2,(H,29,30). The smallest absolute Gasteiger partial charge is 0.317 e. The Morgan fingerprint density at radius 3 is 1.91 bits per heavy atom. The normalized spacial score (nSPS) is 12.4. The number of hydrogen-bond donors (Lipinski definition) is 2. The van der Waals surface area contributed by atoms with E-state index in [0.29, 0.717) is 13.0 Å². The second kappa shape index (κ2) is 13.0. The molecule has 1 aliphatic carbocycles. The zero-order valence-corrected chi connectivity index (χ0v) is 18.9. The second-order valence-electron chi connectivity index (χ2n) is 8.56. The second-order valence-corrected chi connectivity index (χ2v) is 8.56. The van der Waals surface area contributed by atoms with E-state index >= 15 is 0 Å². The van der Waals surface area contributed by atoms with Gasteiger partial charge in [0, 0.05) is 12.3 Å². The van der Waals surface area contributed by atoms with E-state index < -0.39 is 5.97 Å². The lowest BCUT2D eigenvalue weighted by molar-refractivity contribution is -0.144. The number of unbranched alkanes of at least 4 members (excludes halogenated alkanes) is 7. The van der Waals surface area contributed by atoms with Crippen LogP contribution in [0.3, 0.4) is 0 Å². The Kier molecular flexibility index (Phi) is 9.76. The maximum atomic E-state index is 12.3. The van der Waals surface area contributed by atoms with Gasteiger partial charge in [-0.2, -0.15) is 0 Å². The van der Waals surface area contributed by atoms with Crippen LogP contribution in [0, 0.1) is 0 Å². The highest BCUT2D eigenvalue weighted by atomic mass is 16.5. The molecule has 5 nitrogen and oxygen atoms in total. The molecule has 0 radical (unpaired) electrons. The first-order valence-corrected chi connectivity index (χ1v) is 11.9. The number of aliphatic carboxylic acids is 1. The number of rotatable bonds is 15. The zero-order chi connectivity index (χ0) is 22.6. The predicted octanol–water partition coefficient (Wildman–Crippen LogP) is 5.53. The van der Waals surface area contributed by atoms with Gasteiger partial charge in [-0.1, -0.05) is 87.1 Å². The maximum absolute atomic E-state index is 12.3. The number of carbonyl (C=O) groups excluding carboxylic acids is 1. The molecule has 2 aromatic rings. The van der Waals surface area contributed by atoms with Gasteiger partial charge in [-0.25, -0.2) is 0 Å². The number of carbonyl (C=O) groups is 2. The summed E-state index contributed by atoms with van der Waals surface area (Å²) < 4.78 is 5.66. The number of hydrogen-bond acceptors (Lipinski definition) is 4. The van der Waals surface area contributed by atoms with Crippen LogP contribution in [0.15, 0.2) is 48.5 Å². The van der Waals surface area contributed by atoms with E-state index in [4.69, 9.17) is 9.84 Å². The molecule has 0 atom stereocenters. The third-order valence-electron chi connectivity index (χ3n) is 6.13. The van der Waals surface area contributed by atoms with Crippen LogP contribution >= 0.6 is 0 Å². The summed E-state index contributed by atoms with van der Waals surface area (Å²) in [6.45, 7) is 1.23. The topological polar surface area (TPSA) is 75.6 Å². The molecule has 0 aromatic heterocycles. The van der Waals surface area contributed by atoms with Crippen molar-refractivity contribution in [2.24, 2.45) is 0 Å². The molecule has 172 valence electrons. The fourth-order valence-electron chi connectivity index (χ4n) is 4.46. The van der Waals surface area contributed by atoms with Gasteiger partial charge in [-0.15, -0.1) is 0 Å². The van der Waals surface area contributed by atoms with E-state index in [1.807, 2.05) is 0 Å². The third-order valence-corrected chi connectivity index (χ3v) is 6.13. The van der Waals surface area contributed by atoms with Gasteiger partial charge in [0.1, 0.15) is 6.61 Å². The number of nitrogens with one attached hydrogen (secondary N) is 1. The molecule has 0 saturated heterocycles. The SMILES string of the molecule is O=C(O)CNCCCCCCCCCCC(=O)OCC1c2ccccc2-c2ccccc21. The predicted molar refractivity (Wildman–Crippen MR) is 127 cm³/mol. The first-order chi connectivity index (χ1) is 15.7. The molecular weight excluding hydrogens is 402 g/mol. The average molecular weight is 438 g/mol. The van der Waals surface area contributed by atoms with Crippen LogP contribution in [-0.4, -0.2) is 36.7 Å². The van der Waals surface area contributed by atoms with Gasteiger partial charge >= 0.3 is 11.9 Å². The van der Waals surface area contributed by atoms with E-state index in [0.717, 1.165) is 38.6 Å². The highest BCUT2D eigenvalue weighted by Crippen LogP contribution is 2.44. The van der Waals surface area contributed by atoms with Crippen LogP contribution in [0.1, 0.15) is 74.8 Å². The highest BCUT2D eigenvalue weighted by molar-refractivity contribution is 5.79. The van der Waals surface area contributed by atoms with Crippen LogP contribution in [0.25, 0.3) is 11.1 Å². The van der Waals surface area contributed by atoms with Crippen LogP contribution in [0.2, 0.25) is 0 Å². The fraction of sp³-hybridized carbons (Fsp3) is 0.481. The van der Waals surface area contributed by atoms with Crippen molar-refractivity contribution in [1.29, 1.82) is 0 Å². The van der Waals surface area contributed by atoms with Gasteiger partial charge < -0.3 is 15.2 Å². The van der Waals surface area contributed by atoms with E-state index in [-0.39, 0.29) is 18.4 Å². The average Bonchev–Trinajstić information content (AvgIpc) is 3.12. The Hall–Kier alpha value is -2.66. The Balaban J connectivity index is 1.24. The summed E-state index contributed by atoms with van der Waals surface area (Å²) in [5, 5.41) is 11.5.